The average Bonchev–Trinajstić information content (AvgIpc) is 2.54. The number of nitrogens with one attached hydrogen (secondary N) is 1. The van der Waals surface area contributed by atoms with Crippen LogP contribution in [0.3, 0.4) is 0 Å². The number of H-pyrrole nitrogens is 1. The van der Waals surface area contributed by atoms with Gasteiger partial charge in [-0.1, -0.05) is 36.4 Å². The van der Waals surface area contributed by atoms with Gasteiger partial charge in [0.2, 0.25) is 5.56 Å². The lowest BCUT2D eigenvalue weighted by atomic mass is 10.1. The minimum Gasteiger partial charge on any atom is -0.488 e. The Morgan fingerprint density at radius 1 is 0.955 bits per heavy atom. The molecule has 1 aromatic heterocycles. The van der Waals surface area contributed by atoms with Crippen LogP contribution in [0, 0.1) is 5.82 Å². The first-order valence-corrected chi connectivity index (χ1v) is 6.88. The van der Waals surface area contributed by atoms with E-state index in [1.807, 2.05) is 30.3 Å². The Hall–Kier alpha value is -2.88. The van der Waals surface area contributed by atoms with Crippen LogP contribution in [0.25, 0.3) is 11.3 Å². The molecule has 0 unspecified atom stereocenters. The van der Waals surface area contributed by atoms with E-state index in [2.05, 4.69) is 4.98 Å². The Bertz CT molecular complexity index is 828. The number of ether oxygens (including phenoxy) is 1. The normalized spacial score (nSPS) is 10.4. The molecule has 0 aliphatic rings. The number of aromatic nitrogens is 1. The summed E-state index contributed by atoms with van der Waals surface area (Å²) in [6.45, 7) is 0.328. The maximum Gasteiger partial charge on any atom is 0.248 e. The Labute approximate surface area is 127 Å². The molecule has 0 radical (unpaired) electrons. The summed E-state index contributed by atoms with van der Waals surface area (Å²) in [4.78, 5) is 14.2. The molecule has 22 heavy (non-hydrogen) atoms. The van der Waals surface area contributed by atoms with Gasteiger partial charge in [0.05, 0.1) is 5.69 Å². The van der Waals surface area contributed by atoms with Crippen molar-refractivity contribution in [3.63, 3.8) is 0 Å². The van der Waals surface area contributed by atoms with Crippen molar-refractivity contribution in [2.75, 3.05) is 0 Å². The Kier molecular flexibility index (Phi) is 4.01. The predicted octanol–water partition coefficient (Wildman–Crippen LogP) is 3.76. The van der Waals surface area contributed by atoms with Gasteiger partial charge in [-0.05, 0) is 23.8 Å². The molecule has 1 N–H and O–H groups in total. The lowest BCUT2D eigenvalue weighted by Crippen LogP contribution is -2.05. The van der Waals surface area contributed by atoms with Crippen LogP contribution in [-0.4, -0.2) is 4.98 Å². The van der Waals surface area contributed by atoms with Gasteiger partial charge in [0, 0.05) is 17.7 Å². The fraction of sp³-hybridized carbons (Fsp3) is 0.0556. The third-order valence-corrected chi connectivity index (χ3v) is 3.24. The molecule has 0 spiro atoms. The van der Waals surface area contributed by atoms with Gasteiger partial charge in [-0.3, -0.25) is 4.79 Å². The number of benzene rings is 2. The molecule has 4 heteroatoms. The molecule has 0 aliphatic carbocycles. The molecule has 0 saturated heterocycles. The zero-order valence-corrected chi connectivity index (χ0v) is 11.8. The summed E-state index contributed by atoms with van der Waals surface area (Å²) in [5, 5.41) is 0. The van der Waals surface area contributed by atoms with Gasteiger partial charge < -0.3 is 9.72 Å². The van der Waals surface area contributed by atoms with Crippen LogP contribution in [0.5, 0.6) is 5.75 Å². The number of hydrogen-bond donors (Lipinski definition) is 1. The lowest BCUT2D eigenvalue weighted by Gasteiger charge is -2.12. The van der Waals surface area contributed by atoms with E-state index < -0.39 is 0 Å². The molecule has 1 heterocycles. The van der Waals surface area contributed by atoms with Crippen molar-refractivity contribution in [3.05, 3.63) is 88.5 Å². The zero-order valence-electron chi connectivity index (χ0n) is 11.8. The highest BCUT2D eigenvalue weighted by Crippen LogP contribution is 2.29. The van der Waals surface area contributed by atoms with Crippen LogP contribution < -0.4 is 10.3 Å². The third-order valence-electron chi connectivity index (χ3n) is 3.24. The monoisotopic (exact) mass is 295 g/mol. The Morgan fingerprint density at radius 2 is 1.77 bits per heavy atom. The number of halogens is 1. The van der Waals surface area contributed by atoms with E-state index >= 15 is 0 Å². The second-order valence-electron chi connectivity index (χ2n) is 4.84. The molecule has 0 fully saturated rings. The first-order valence-electron chi connectivity index (χ1n) is 6.88. The van der Waals surface area contributed by atoms with Crippen molar-refractivity contribution >= 4 is 0 Å². The van der Waals surface area contributed by atoms with Crippen LogP contribution in [0.4, 0.5) is 4.39 Å². The minimum atomic E-state index is -0.384. The van der Waals surface area contributed by atoms with Crippen molar-refractivity contribution in [1.29, 1.82) is 0 Å². The minimum absolute atomic E-state index is 0.212. The molecule has 2 aromatic carbocycles. The summed E-state index contributed by atoms with van der Waals surface area (Å²) in [7, 11) is 0. The number of rotatable bonds is 4. The van der Waals surface area contributed by atoms with Crippen LogP contribution >= 0.6 is 0 Å². The van der Waals surface area contributed by atoms with Crippen molar-refractivity contribution in [2.24, 2.45) is 0 Å². The molecule has 0 saturated carbocycles. The van der Waals surface area contributed by atoms with Crippen molar-refractivity contribution in [2.45, 2.75) is 6.61 Å². The van der Waals surface area contributed by atoms with Gasteiger partial charge in [-0.15, -0.1) is 0 Å². The second-order valence-corrected chi connectivity index (χ2v) is 4.84. The highest BCUT2D eigenvalue weighted by Gasteiger charge is 2.09. The predicted molar refractivity (Wildman–Crippen MR) is 83.2 cm³/mol. The second kappa shape index (κ2) is 6.26. The van der Waals surface area contributed by atoms with E-state index in [9.17, 15) is 9.18 Å². The SMILES string of the molecule is O=c1cccc(-c2ccc(F)cc2OCc2ccccc2)[nH]1. The van der Waals surface area contributed by atoms with Crippen LogP contribution in [0.15, 0.2) is 71.5 Å². The van der Waals surface area contributed by atoms with Crippen LogP contribution in [0.1, 0.15) is 5.56 Å². The average molecular weight is 295 g/mol. The zero-order chi connectivity index (χ0) is 15.4. The summed E-state index contributed by atoms with van der Waals surface area (Å²) in [6.07, 6.45) is 0. The third kappa shape index (κ3) is 3.23. The molecular formula is C18H14FNO2. The van der Waals surface area contributed by atoms with E-state index in [0.717, 1.165) is 5.56 Å². The first-order chi connectivity index (χ1) is 10.7. The maximum atomic E-state index is 13.5. The molecule has 3 nitrogen and oxygen atoms in total. The first kappa shape index (κ1) is 14.1. The van der Waals surface area contributed by atoms with E-state index in [-0.39, 0.29) is 11.4 Å². The summed E-state index contributed by atoms with van der Waals surface area (Å²) in [6, 6.07) is 18.7. The number of pyridine rings is 1. The number of hydrogen-bond acceptors (Lipinski definition) is 2. The summed E-state index contributed by atoms with van der Waals surface area (Å²) < 4.78 is 19.3. The van der Waals surface area contributed by atoms with Gasteiger partial charge in [0.15, 0.2) is 0 Å². The van der Waals surface area contributed by atoms with Crippen molar-refractivity contribution < 1.29 is 9.13 Å². The lowest BCUT2D eigenvalue weighted by molar-refractivity contribution is 0.306. The largest absolute Gasteiger partial charge is 0.488 e. The van der Waals surface area contributed by atoms with Gasteiger partial charge in [-0.2, -0.15) is 0 Å². The fourth-order valence-corrected chi connectivity index (χ4v) is 2.18. The van der Waals surface area contributed by atoms with E-state index in [1.165, 1.54) is 18.2 Å². The Balaban J connectivity index is 1.93. The molecule has 0 amide bonds. The highest BCUT2D eigenvalue weighted by atomic mass is 19.1. The molecule has 0 bridgehead atoms. The number of aromatic amines is 1. The topological polar surface area (TPSA) is 42.1 Å². The maximum absolute atomic E-state index is 13.5. The fourth-order valence-electron chi connectivity index (χ4n) is 2.18. The van der Waals surface area contributed by atoms with E-state index in [1.54, 1.807) is 18.2 Å². The van der Waals surface area contributed by atoms with E-state index in [4.69, 9.17) is 4.74 Å². The van der Waals surface area contributed by atoms with Gasteiger partial charge in [-0.25, -0.2) is 4.39 Å². The van der Waals surface area contributed by atoms with Gasteiger partial charge in [0.25, 0.3) is 0 Å². The molecule has 3 aromatic rings. The van der Waals surface area contributed by atoms with Crippen LogP contribution in [-0.2, 0) is 6.61 Å². The summed E-state index contributed by atoms with van der Waals surface area (Å²) in [5.74, 6) is 0.00999. The summed E-state index contributed by atoms with van der Waals surface area (Å²) in [5.41, 5.74) is 2.01. The van der Waals surface area contributed by atoms with Gasteiger partial charge >= 0.3 is 0 Å². The molecule has 0 atom stereocenters. The highest BCUT2D eigenvalue weighted by molar-refractivity contribution is 5.66. The Morgan fingerprint density at radius 3 is 2.55 bits per heavy atom. The quantitative estimate of drug-likeness (QED) is 0.796. The van der Waals surface area contributed by atoms with Crippen molar-refractivity contribution in [1.82, 2.24) is 4.98 Å². The molecule has 110 valence electrons. The standard InChI is InChI=1S/C18H14FNO2/c19-14-9-10-15(16-7-4-8-18(21)20-16)17(11-14)22-12-13-5-2-1-3-6-13/h1-11H,12H2,(H,20,21). The van der Waals surface area contributed by atoms with Crippen LogP contribution in [0.2, 0.25) is 0 Å². The van der Waals surface area contributed by atoms with E-state index in [0.29, 0.717) is 23.6 Å². The summed E-state index contributed by atoms with van der Waals surface area (Å²) >= 11 is 0. The van der Waals surface area contributed by atoms with Gasteiger partial charge in [0.1, 0.15) is 18.2 Å². The molecule has 3 rings (SSSR count). The smallest absolute Gasteiger partial charge is 0.248 e. The molecular weight excluding hydrogens is 281 g/mol. The molecule has 0 aliphatic heterocycles. The van der Waals surface area contributed by atoms with Crippen molar-refractivity contribution in [3.8, 4) is 17.0 Å².